The van der Waals surface area contributed by atoms with E-state index in [2.05, 4.69) is 6.08 Å². The zero-order chi connectivity index (χ0) is 9.97. The van der Waals surface area contributed by atoms with Crippen molar-refractivity contribution in [1.29, 1.82) is 0 Å². The first-order valence-electron chi connectivity index (χ1n) is 5.07. The molecule has 1 nitrogen and oxygen atoms in total. The lowest BCUT2D eigenvalue weighted by molar-refractivity contribution is 0.102. The fraction of sp³-hybridized carbons (Fsp3) is 0.417. The van der Waals surface area contributed by atoms with E-state index in [0.717, 1.165) is 28.9 Å². The first kappa shape index (κ1) is 9.66. The second-order valence-electron chi connectivity index (χ2n) is 3.69. The highest BCUT2D eigenvalue weighted by Gasteiger charge is 2.16. The van der Waals surface area contributed by atoms with Crippen molar-refractivity contribution < 1.29 is 4.79 Å². The highest BCUT2D eigenvalue weighted by atomic mass is 32.1. The zero-order valence-electron chi connectivity index (χ0n) is 8.38. The molecule has 0 radical (unpaired) electrons. The van der Waals surface area contributed by atoms with E-state index in [1.807, 2.05) is 18.4 Å². The van der Waals surface area contributed by atoms with Gasteiger partial charge < -0.3 is 0 Å². The summed E-state index contributed by atoms with van der Waals surface area (Å²) in [6, 6.07) is 1.94. The monoisotopic (exact) mass is 206 g/mol. The molecule has 14 heavy (non-hydrogen) atoms. The molecular weight excluding hydrogens is 192 g/mol. The van der Waals surface area contributed by atoms with Crippen LogP contribution < -0.4 is 0 Å². The molecule has 1 heterocycles. The molecule has 0 N–H and O–H groups in total. The lowest BCUT2D eigenvalue weighted by atomic mass is 9.93. The van der Waals surface area contributed by atoms with Crippen molar-refractivity contribution in [3.8, 4) is 0 Å². The maximum atomic E-state index is 12.0. The summed E-state index contributed by atoms with van der Waals surface area (Å²) in [5.41, 5.74) is 1.93. The molecule has 0 unspecified atom stereocenters. The molecule has 0 fully saturated rings. The SMILES string of the molecule is Cc1sccc1C(=O)C1=CCCCC1. The summed E-state index contributed by atoms with van der Waals surface area (Å²) >= 11 is 1.65. The minimum atomic E-state index is 0.253. The van der Waals surface area contributed by atoms with E-state index < -0.39 is 0 Å². The van der Waals surface area contributed by atoms with E-state index in [9.17, 15) is 4.79 Å². The third-order valence-corrected chi connectivity index (χ3v) is 3.53. The molecular formula is C12H14OS. The second-order valence-corrected chi connectivity index (χ2v) is 4.81. The van der Waals surface area contributed by atoms with Gasteiger partial charge in [0.15, 0.2) is 5.78 Å². The Morgan fingerprint density at radius 1 is 1.43 bits per heavy atom. The number of allylic oxidation sites excluding steroid dienone is 2. The molecule has 2 rings (SSSR count). The summed E-state index contributed by atoms with van der Waals surface area (Å²) in [4.78, 5) is 13.2. The minimum absolute atomic E-state index is 0.253. The summed E-state index contributed by atoms with van der Waals surface area (Å²) in [6.07, 6.45) is 6.56. The number of aryl methyl sites for hydroxylation is 1. The summed E-state index contributed by atoms with van der Waals surface area (Å²) in [7, 11) is 0. The number of hydrogen-bond acceptors (Lipinski definition) is 2. The van der Waals surface area contributed by atoms with Crippen molar-refractivity contribution in [2.75, 3.05) is 0 Å². The van der Waals surface area contributed by atoms with E-state index in [0.29, 0.717) is 0 Å². The van der Waals surface area contributed by atoms with Crippen LogP contribution in [0, 0.1) is 6.92 Å². The van der Waals surface area contributed by atoms with Crippen LogP contribution in [0.2, 0.25) is 0 Å². The van der Waals surface area contributed by atoms with Gasteiger partial charge in [0.25, 0.3) is 0 Å². The highest BCUT2D eigenvalue weighted by Crippen LogP contribution is 2.24. The van der Waals surface area contributed by atoms with Crippen molar-refractivity contribution in [3.63, 3.8) is 0 Å². The molecule has 1 aliphatic carbocycles. The molecule has 1 aliphatic rings. The number of hydrogen-bond donors (Lipinski definition) is 0. The van der Waals surface area contributed by atoms with Crippen molar-refractivity contribution in [1.82, 2.24) is 0 Å². The fourth-order valence-electron chi connectivity index (χ4n) is 1.84. The quantitative estimate of drug-likeness (QED) is 0.674. The first-order valence-corrected chi connectivity index (χ1v) is 5.95. The Labute approximate surface area is 88.5 Å². The van der Waals surface area contributed by atoms with Gasteiger partial charge in [-0.05, 0) is 49.6 Å². The van der Waals surface area contributed by atoms with Crippen LogP contribution in [0.15, 0.2) is 23.1 Å². The van der Waals surface area contributed by atoms with Crippen LogP contribution in [-0.4, -0.2) is 5.78 Å². The maximum absolute atomic E-state index is 12.0. The number of carbonyl (C=O) groups is 1. The molecule has 0 saturated heterocycles. The molecule has 0 spiro atoms. The molecule has 2 heteroatoms. The van der Waals surface area contributed by atoms with Gasteiger partial charge in [-0.1, -0.05) is 6.08 Å². The van der Waals surface area contributed by atoms with Gasteiger partial charge in [-0.2, -0.15) is 0 Å². The Kier molecular flexibility index (Phi) is 2.82. The van der Waals surface area contributed by atoms with Crippen molar-refractivity contribution >= 4 is 17.1 Å². The Hall–Kier alpha value is -0.890. The van der Waals surface area contributed by atoms with Crippen LogP contribution in [0.4, 0.5) is 0 Å². The summed E-state index contributed by atoms with van der Waals surface area (Å²) in [5.74, 6) is 0.253. The topological polar surface area (TPSA) is 17.1 Å². The Morgan fingerprint density at radius 2 is 2.29 bits per heavy atom. The lowest BCUT2D eigenvalue weighted by Crippen LogP contribution is -2.06. The number of ketones is 1. The van der Waals surface area contributed by atoms with Crippen LogP contribution in [0.25, 0.3) is 0 Å². The highest BCUT2D eigenvalue weighted by molar-refractivity contribution is 7.10. The van der Waals surface area contributed by atoms with Gasteiger partial charge >= 0.3 is 0 Å². The molecule has 0 aliphatic heterocycles. The van der Waals surface area contributed by atoms with Crippen LogP contribution in [-0.2, 0) is 0 Å². The van der Waals surface area contributed by atoms with Crippen molar-refractivity contribution in [2.45, 2.75) is 32.6 Å². The third kappa shape index (κ3) is 1.80. The van der Waals surface area contributed by atoms with Gasteiger partial charge in [-0.25, -0.2) is 0 Å². The van der Waals surface area contributed by atoms with Crippen molar-refractivity contribution in [2.24, 2.45) is 0 Å². The van der Waals surface area contributed by atoms with Crippen LogP contribution >= 0.6 is 11.3 Å². The van der Waals surface area contributed by atoms with E-state index >= 15 is 0 Å². The van der Waals surface area contributed by atoms with Crippen LogP contribution in [0.5, 0.6) is 0 Å². The van der Waals surface area contributed by atoms with Crippen LogP contribution in [0.3, 0.4) is 0 Å². The summed E-state index contributed by atoms with van der Waals surface area (Å²) < 4.78 is 0. The maximum Gasteiger partial charge on any atom is 0.189 e. The Morgan fingerprint density at radius 3 is 2.86 bits per heavy atom. The van der Waals surface area contributed by atoms with E-state index in [4.69, 9.17) is 0 Å². The van der Waals surface area contributed by atoms with E-state index in [1.54, 1.807) is 11.3 Å². The van der Waals surface area contributed by atoms with Gasteiger partial charge in [-0.15, -0.1) is 11.3 Å². The third-order valence-electron chi connectivity index (χ3n) is 2.69. The van der Waals surface area contributed by atoms with Gasteiger partial charge in [0, 0.05) is 10.4 Å². The van der Waals surface area contributed by atoms with Crippen LogP contribution in [0.1, 0.15) is 40.9 Å². The molecule has 1 aromatic rings. The van der Waals surface area contributed by atoms with Gasteiger partial charge in [0.1, 0.15) is 0 Å². The zero-order valence-corrected chi connectivity index (χ0v) is 9.19. The lowest BCUT2D eigenvalue weighted by Gasteiger charge is -2.10. The first-order chi connectivity index (χ1) is 6.79. The van der Waals surface area contributed by atoms with E-state index in [-0.39, 0.29) is 5.78 Å². The van der Waals surface area contributed by atoms with Crippen molar-refractivity contribution in [3.05, 3.63) is 33.5 Å². The average Bonchev–Trinajstić information content (AvgIpc) is 2.65. The van der Waals surface area contributed by atoms with E-state index in [1.165, 1.54) is 12.8 Å². The molecule has 1 aromatic heterocycles. The fourth-order valence-corrected chi connectivity index (χ4v) is 2.53. The second kappa shape index (κ2) is 4.09. The number of carbonyl (C=O) groups excluding carboxylic acids is 1. The molecule has 74 valence electrons. The standard InChI is InChI=1S/C12H14OS/c1-9-11(7-8-14-9)12(13)10-5-3-2-4-6-10/h5,7-8H,2-4,6H2,1H3. The Balaban J connectivity index is 2.23. The average molecular weight is 206 g/mol. The smallest absolute Gasteiger partial charge is 0.189 e. The largest absolute Gasteiger partial charge is 0.289 e. The van der Waals surface area contributed by atoms with Gasteiger partial charge in [-0.3, -0.25) is 4.79 Å². The van der Waals surface area contributed by atoms with Gasteiger partial charge in [0.2, 0.25) is 0 Å². The summed E-state index contributed by atoms with van der Waals surface area (Å²) in [5, 5.41) is 1.99. The number of rotatable bonds is 2. The number of thiophene rings is 1. The molecule has 0 aromatic carbocycles. The predicted octanol–water partition coefficient (Wildman–Crippen LogP) is 3.74. The number of Topliss-reactive ketones (excluding diaryl/α,β-unsaturated/α-hetero) is 1. The Bertz CT molecular complexity index is 373. The molecule has 0 amide bonds. The predicted molar refractivity (Wildman–Crippen MR) is 59.9 cm³/mol. The summed E-state index contributed by atoms with van der Waals surface area (Å²) in [6.45, 7) is 2.02. The minimum Gasteiger partial charge on any atom is -0.289 e. The molecule has 0 bridgehead atoms. The molecule has 0 atom stereocenters. The molecule has 0 saturated carbocycles. The normalized spacial score (nSPS) is 16.5. The van der Waals surface area contributed by atoms with Gasteiger partial charge in [0.05, 0.1) is 0 Å².